The van der Waals surface area contributed by atoms with E-state index in [4.69, 9.17) is 5.73 Å². The second-order valence-electron chi connectivity index (χ2n) is 5.28. The Morgan fingerprint density at radius 1 is 0.929 bits per heavy atom. The number of nitro benzene ring substituents is 3. The molecule has 0 saturated carbocycles. The van der Waals surface area contributed by atoms with Gasteiger partial charge in [-0.3, -0.25) is 30.3 Å². The Morgan fingerprint density at radius 2 is 1.50 bits per heavy atom. The first-order chi connectivity index (χ1) is 13.2. The van der Waals surface area contributed by atoms with Crippen LogP contribution in [0.3, 0.4) is 0 Å². The first-order valence-electron chi connectivity index (χ1n) is 7.39. The van der Waals surface area contributed by atoms with Crippen LogP contribution in [-0.2, 0) is 11.3 Å². The number of carbonyl (C=O) groups is 1. The highest BCUT2D eigenvalue weighted by Gasteiger charge is 2.25. The molecule has 0 saturated heterocycles. The number of hydrogen-bond donors (Lipinski definition) is 1. The summed E-state index contributed by atoms with van der Waals surface area (Å²) in [5.41, 5.74) is 4.12. The molecule has 2 rings (SSSR count). The summed E-state index contributed by atoms with van der Waals surface area (Å²) >= 11 is 0. The van der Waals surface area contributed by atoms with Gasteiger partial charge in [-0.05, 0) is 11.6 Å². The highest BCUT2D eigenvalue weighted by Crippen LogP contribution is 2.25. The summed E-state index contributed by atoms with van der Waals surface area (Å²) in [6, 6.07) is 7.80. The molecule has 144 valence electrons. The van der Waals surface area contributed by atoms with Gasteiger partial charge in [0.25, 0.3) is 17.1 Å². The van der Waals surface area contributed by atoms with Gasteiger partial charge in [-0.15, -0.1) is 0 Å². The standard InChI is InChI=1S/C15H11N5O8/c16-14(7-9-1-3-10(4-2-9)18(22)23)17-28-15(21)12-6-5-11(19(24)25)8-13(12)20(26)27/h1-6,8H,7H2,(H2,16,17). The number of rotatable bonds is 7. The van der Waals surface area contributed by atoms with Gasteiger partial charge >= 0.3 is 5.97 Å². The molecule has 0 aliphatic carbocycles. The van der Waals surface area contributed by atoms with Crippen LogP contribution in [0.1, 0.15) is 15.9 Å². The van der Waals surface area contributed by atoms with E-state index in [-0.39, 0.29) is 17.9 Å². The van der Waals surface area contributed by atoms with Crippen LogP contribution in [0.2, 0.25) is 0 Å². The number of nitro groups is 3. The molecule has 0 aromatic heterocycles. The first kappa shape index (κ1) is 19.9. The van der Waals surface area contributed by atoms with Crippen LogP contribution in [0.4, 0.5) is 17.1 Å². The van der Waals surface area contributed by atoms with Crippen LogP contribution in [0.5, 0.6) is 0 Å². The fraction of sp³-hybridized carbons (Fsp3) is 0.0667. The molecule has 0 atom stereocenters. The minimum absolute atomic E-state index is 0.00632. The van der Waals surface area contributed by atoms with Crippen molar-refractivity contribution in [2.45, 2.75) is 6.42 Å². The number of hydrogen-bond acceptors (Lipinski definition) is 9. The molecule has 13 heteroatoms. The third-order valence-electron chi connectivity index (χ3n) is 3.39. The van der Waals surface area contributed by atoms with Crippen molar-refractivity contribution in [1.82, 2.24) is 0 Å². The minimum atomic E-state index is -1.23. The fourth-order valence-corrected chi connectivity index (χ4v) is 2.08. The van der Waals surface area contributed by atoms with Gasteiger partial charge in [0.15, 0.2) is 0 Å². The van der Waals surface area contributed by atoms with E-state index in [1.807, 2.05) is 0 Å². The molecule has 2 N–H and O–H groups in total. The maximum atomic E-state index is 12.0. The lowest BCUT2D eigenvalue weighted by Gasteiger charge is -2.03. The Bertz CT molecular complexity index is 986. The zero-order valence-electron chi connectivity index (χ0n) is 13.9. The monoisotopic (exact) mass is 389 g/mol. The summed E-state index contributed by atoms with van der Waals surface area (Å²) in [6.45, 7) is 0. The van der Waals surface area contributed by atoms with Gasteiger partial charge < -0.3 is 10.6 Å². The molecule has 0 amide bonds. The third-order valence-corrected chi connectivity index (χ3v) is 3.39. The van der Waals surface area contributed by atoms with E-state index < -0.39 is 37.7 Å². The third kappa shape index (κ3) is 4.81. The van der Waals surface area contributed by atoms with Gasteiger partial charge in [-0.1, -0.05) is 17.3 Å². The molecule has 0 fully saturated rings. The Kier molecular flexibility index (Phi) is 5.90. The molecule has 0 aliphatic rings. The summed E-state index contributed by atoms with van der Waals surface area (Å²) in [7, 11) is 0. The largest absolute Gasteiger partial charge is 0.384 e. The molecule has 0 bridgehead atoms. The van der Waals surface area contributed by atoms with E-state index in [1.54, 1.807) is 0 Å². The second-order valence-corrected chi connectivity index (χ2v) is 5.28. The van der Waals surface area contributed by atoms with Gasteiger partial charge in [0.05, 0.1) is 20.8 Å². The predicted molar refractivity (Wildman–Crippen MR) is 93.6 cm³/mol. The van der Waals surface area contributed by atoms with Crippen molar-refractivity contribution in [1.29, 1.82) is 0 Å². The number of nitrogens with zero attached hydrogens (tertiary/aromatic N) is 4. The van der Waals surface area contributed by atoms with Crippen molar-refractivity contribution in [2.75, 3.05) is 0 Å². The summed E-state index contributed by atoms with van der Waals surface area (Å²) < 4.78 is 0. The van der Waals surface area contributed by atoms with Crippen LogP contribution < -0.4 is 5.73 Å². The molecule has 0 radical (unpaired) electrons. The number of nitrogens with two attached hydrogens (primary N) is 1. The molecular formula is C15H11N5O8. The molecular weight excluding hydrogens is 378 g/mol. The number of benzene rings is 2. The highest BCUT2D eigenvalue weighted by atomic mass is 16.7. The van der Waals surface area contributed by atoms with E-state index in [1.165, 1.54) is 24.3 Å². The molecule has 0 unspecified atom stereocenters. The van der Waals surface area contributed by atoms with Crippen molar-refractivity contribution in [3.63, 3.8) is 0 Å². The summed E-state index contributed by atoms with van der Waals surface area (Å²) in [5.74, 6) is -1.40. The van der Waals surface area contributed by atoms with E-state index >= 15 is 0 Å². The van der Waals surface area contributed by atoms with Gasteiger partial charge in [-0.25, -0.2) is 4.79 Å². The lowest BCUT2D eigenvalue weighted by atomic mass is 10.1. The van der Waals surface area contributed by atoms with Crippen LogP contribution in [-0.4, -0.2) is 26.6 Å². The molecule has 2 aromatic rings. The SMILES string of the molecule is N/C(Cc1ccc([N+](=O)[O-])cc1)=N\OC(=O)c1ccc([N+](=O)[O-])cc1[N+](=O)[O-]. The summed E-state index contributed by atoms with van der Waals surface area (Å²) in [4.78, 5) is 46.5. The Labute approximate surface area is 155 Å². The minimum Gasteiger partial charge on any atom is -0.384 e. The van der Waals surface area contributed by atoms with E-state index in [0.29, 0.717) is 11.6 Å². The molecule has 13 nitrogen and oxygen atoms in total. The molecule has 0 aliphatic heterocycles. The Hall–Kier alpha value is -4.42. The molecule has 28 heavy (non-hydrogen) atoms. The average molecular weight is 389 g/mol. The van der Waals surface area contributed by atoms with Crippen LogP contribution in [0, 0.1) is 30.3 Å². The Balaban J connectivity index is 2.12. The van der Waals surface area contributed by atoms with Crippen LogP contribution in [0.15, 0.2) is 47.6 Å². The average Bonchev–Trinajstić information content (AvgIpc) is 2.65. The van der Waals surface area contributed by atoms with E-state index in [9.17, 15) is 35.1 Å². The van der Waals surface area contributed by atoms with Crippen molar-refractivity contribution >= 4 is 28.9 Å². The van der Waals surface area contributed by atoms with Gasteiger partial charge in [0.1, 0.15) is 11.4 Å². The maximum Gasteiger partial charge on any atom is 0.372 e. The van der Waals surface area contributed by atoms with Gasteiger partial charge in [0, 0.05) is 24.6 Å². The lowest BCUT2D eigenvalue weighted by molar-refractivity contribution is -0.394. The summed E-state index contributed by atoms with van der Waals surface area (Å²) in [5, 5.41) is 35.7. The molecule has 0 heterocycles. The van der Waals surface area contributed by atoms with Crippen molar-refractivity contribution in [2.24, 2.45) is 10.9 Å². The maximum absolute atomic E-state index is 12.0. The van der Waals surface area contributed by atoms with Gasteiger partial charge in [0.2, 0.25) is 0 Å². The zero-order chi connectivity index (χ0) is 20.8. The number of oxime groups is 1. The van der Waals surface area contributed by atoms with E-state index in [0.717, 1.165) is 12.1 Å². The molecule has 0 spiro atoms. The van der Waals surface area contributed by atoms with Crippen LogP contribution >= 0.6 is 0 Å². The Morgan fingerprint density at radius 3 is 2.04 bits per heavy atom. The summed E-state index contributed by atoms with van der Waals surface area (Å²) in [6.07, 6.45) is -0.00632. The first-order valence-corrected chi connectivity index (χ1v) is 7.39. The highest BCUT2D eigenvalue weighted by molar-refractivity contribution is 5.95. The second kappa shape index (κ2) is 8.31. The normalized spacial score (nSPS) is 10.9. The topological polar surface area (TPSA) is 194 Å². The predicted octanol–water partition coefficient (Wildman–Crippen LogP) is 2.08. The molecule has 2 aromatic carbocycles. The number of non-ortho nitro benzene ring substituents is 2. The van der Waals surface area contributed by atoms with Gasteiger partial charge in [-0.2, -0.15) is 0 Å². The number of carbonyl (C=O) groups excluding carboxylic acids is 1. The fourth-order valence-electron chi connectivity index (χ4n) is 2.08. The lowest BCUT2D eigenvalue weighted by Crippen LogP contribution is -2.17. The van der Waals surface area contributed by atoms with Crippen molar-refractivity contribution in [3.8, 4) is 0 Å². The smallest absolute Gasteiger partial charge is 0.372 e. The van der Waals surface area contributed by atoms with Crippen molar-refractivity contribution in [3.05, 3.63) is 83.9 Å². The number of amidine groups is 1. The van der Waals surface area contributed by atoms with Crippen LogP contribution in [0.25, 0.3) is 0 Å². The van der Waals surface area contributed by atoms with E-state index in [2.05, 4.69) is 9.99 Å². The zero-order valence-corrected chi connectivity index (χ0v) is 13.9. The van der Waals surface area contributed by atoms with Crippen molar-refractivity contribution < 1.29 is 24.4 Å². The quantitative estimate of drug-likeness (QED) is 0.242.